The van der Waals surface area contributed by atoms with Gasteiger partial charge in [0, 0.05) is 13.5 Å². The summed E-state index contributed by atoms with van der Waals surface area (Å²) < 4.78 is 0. The number of rotatable bonds is 6. The van der Waals surface area contributed by atoms with Gasteiger partial charge in [0.15, 0.2) is 0 Å². The number of carbonyl (C=O) groups is 1. The maximum atomic E-state index is 11.3. The van der Waals surface area contributed by atoms with Gasteiger partial charge in [0.1, 0.15) is 0 Å². The molecule has 0 aliphatic rings. The Bertz CT molecular complexity index is 168. The van der Waals surface area contributed by atoms with Gasteiger partial charge in [-0.15, -0.1) is 6.58 Å². The second kappa shape index (κ2) is 6.66. The van der Waals surface area contributed by atoms with Crippen LogP contribution in [0, 0.1) is 5.92 Å². The zero-order valence-corrected chi connectivity index (χ0v) is 8.75. The molecule has 3 nitrogen and oxygen atoms in total. The first-order valence-corrected chi connectivity index (χ1v) is 4.53. The molecule has 0 aromatic heterocycles. The summed E-state index contributed by atoms with van der Waals surface area (Å²) in [5, 5.41) is 1.26. The lowest BCUT2D eigenvalue weighted by molar-refractivity contribution is -0.168. The summed E-state index contributed by atoms with van der Waals surface area (Å²) in [5.74, 6) is 0.546. The van der Waals surface area contributed by atoms with Crippen molar-refractivity contribution in [2.24, 2.45) is 5.92 Å². The largest absolute Gasteiger partial charge is 0.275 e. The summed E-state index contributed by atoms with van der Waals surface area (Å²) >= 11 is 0. The average molecular weight is 185 g/mol. The van der Waals surface area contributed by atoms with Crippen LogP contribution in [0.1, 0.15) is 26.2 Å². The number of allylic oxidation sites excluding steroid dienone is 1. The molecule has 0 aliphatic heterocycles. The highest BCUT2D eigenvalue weighted by molar-refractivity contribution is 5.74. The van der Waals surface area contributed by atoms with E-state index in [-0.39, 0.29) is 5.91 Å². The van der Waals surface area contributed by atoms with Gasteiger partial charge in [-0.2, -0.15) is 0 Å². The second-order valence-corrected chi connectivity index (χ2v) is 3.24. The molecule has 0 saturated heterocycles. The minimum Gasteiger partial charge on any atom is -0.275 e. The van der Waals surface area contributed by atoms with Crippen LogP contribution in [0.5, 0.6) is 0 Å². The molecule has 3 heteroatoms. The van der Waals surface area contributed by atoms with Crippen molar-refractivity contribution in [2.45, 2.75) is 26.2 Å². The van der Waals surface area contributed by atoms with Crippen LogP contribution in [0.15, 0.2) is 12.7 Å². The third kappa shape index (κ3) is 5.42. The van der Waals surface area contributed by atoms with Crippen LogP contribution in [0.3, 0.4) is 0 Å². The fourth-order valence-corrected chi connectivity index (χ4v) is 1.03. The molecule has 0 bridgehead atoms. The van der Waals surface area contributed by atoms with E-state index in [0.717, 1.165) is 12.8 Å². The quantitative estimate of drug-likeness (QED) is 0.468. The predicted octanol–water partition coefficient (Wildman–Crippen LogP) is 2.00. The van der Waals surface area contributed by atoms with E-state index < -0.39 is 0 Å². The first kappa shape index (κ1) is 12.2. The average Bonchev–Trinajstić information content (AvgIpc) is 2.13. The molecule has 1 amide bonds. The van der Waals surface area contributed by atoms with E-state index in [4.69, 9.17) is 4.84 Å². The number of carbonyl (C=O) groups excluding carboxylic acids is 1. The Morgan fingerprint density at radius 1 is 1.69 bits per heavy atom. The molecule has 0 saturated carbocycles. The van der Waals surface area contributed by atoms with Crippen LogP contribution >= 0.6 is 0 Å². The SMILES string of the molecule is C=CCC(C)CCC(=O)N(C)OC. The lowest BCUT2D eigenvalue weighted by Gasteiger charge is -2.14. The van der Waals surface area contributed by atoms with E-state index in [9.17, 15) is 4.79 Å². The normalized spacial score (nSPS) is 12.2. The zero-order valence-electron chi connectivity index (χ0n) is 8.75. The standard InChI is InChI=1S/C10H19NO2/c1-5-6-9(2)7-8-10(12)11(3)13-4/h5,9H,1,6-8H2,2-4H3. The topological polar surface area (TPSA) is 29.5 Å². The van der Waals surface area contributed by atoms with Crippen LogP contribution in [0.4, 0.5) is 0 Å². The Morgan fingerprint density at radius 3 is 2.77 bits per heavy atom. The van der Waals surface area contributed by atoms with Crippen LogP contribution < -0.4 is 0 Å². The molecular formula is C10H19NO2. The van der Waals surface area contributed by atoms with Crippen LogP contribution in [0.25, 0.3) is 0 Å². The maximum absolute atomic E-state index is 11.3. The number of nitrogens with zero attached hydrogens (tertiary/aromatic N) is 1. The molecular weight excluding hydrogens is 166 g/mol. The molecule has 0 aliphatic carbocycles. The highest BCUT2D eigenvalue weighted by Gasteiger charge is 2.09. The van der Waals surface area contributed by atoms with Gasteiger partial charge >= 0.3 is 0 Å². The third-order valence-electron chi connectivity index (χ3n) is 2.05. The highest BCUT2D eigenvalue weighted by atomic mass is 16.7. The van der Waals surface area contributed by atoms with Gasteiger partial charge in [-0.1, -0.05) is 13.0 Å². The Balaban J connectivity index is 3.62. The van der Waals surface area contributed by atoms with Gasteiger partial charge in [0.2, 0.25) is 5.91 Å². The lowest BCUT2D eigenvalue weighted by atomic mass is 10.0. The summed E-state index contributed by atoms with van der Waals surface area (Å²) in [7, 11) is 3.12. The fraction of sp³-hybridized carbons (Fsp3) is 0.700. The molecule has 0 spiro atoms. The van der Waals surface area contributed by atoms with Crippen molar-refractivity contribution < 1.29 is 9.63 Å². The van der Waals surface area contributed by atoms with Gasteiger partial charge in [-0.25, -0.2) is 5.06 Å². The van der Waals surface area contributed by atoms with Gasteiger partial charge in [0.05, 0.1) is 7.11 Å². The Hall–Kier alpha value is -0.830. The number of hydroxylamine groups is 2. The van der Waals surface area contributed by atoms with Crippen molar-refractivity contribution in [3.63, 3.8) is 0 Å². The lowest BCUT2D eigenvalue weighted by Crippen LogP contribution is -2.25. The first-order chi connectivity index (χ1) is 6.11. The van der Waals surface area contributed by atoms with E-state index in [0.29, 0.717) is 12.3 Å². The second-order valence-electron chi connectivity index (χ2n) is 3.24. The van der Waals surface area contributed by atoms with Crippen LogP contribution in [-0.2, 0) is 9.63 Å². The van der Waals surface area contributed by atoms with E-state index in [1.54, 1.807) is 7.05 Å². The fourth-order valence-electron chi connectivity index (χ4n) is 1.03. The van der Waals surface area contributed by atoms with Crippen molar-refractivity contribution in [3.05, 3.63) is 12.7 Å². The van der Waals surface area contributed by atoms with Crippen molar-refractivity contribution in [3.8, 4) is 0 Å². The van der Waals surface area contributed by atoms with E-state index >= 15 is 0 Å². The minimum atomic E-state index is 0.0263. The molecule has 1 atom stereocenters. The smallest absolute Gasteiger partial charge is 0.245 e. The van der Waals surface area contributed by atoms with Crippen molar-refractivity contribution in [1.82, 2.24) is 5.06 Å². The van der Waals surface area contributed by atoms with Gasteiger partial charge in [-0.3, -0.25) is 9.63 Å². The predicted molar refractivity (Wildman–Crippen MR) is 53.0 cm³/mol. The van der Waals surface area contributed by atoms with Crippen molar-refractivity contribution in [2.75, 3.05) is 14.2 Å². The molecule has 0 rings (SSSR count). The van der Waals surface area contributed by atoms with Gasteiger partial charge in [0.25, 0.3) is 0 Å². The van der Waals surface area contributed by atoms with Crippen molar-refractivity contribution in [1.29, 1.82) is 0 Å². The Labute approximate surface area is 80.3 Å². The molecule has 0 N–H and O–H groups in total. The Kier molecular flexibility index (Phi) is 6.24. The van der Waals surface area contributed by atoms with Gasteiger partial charge in [-0.05, 0) is 18.8 Å². The van der Waals surface area contributed by atoms with Crippen LogP contribution in [-0.4, -0.2) is 25.1 Å². The molecule has 76 valence electrons. The third-order valence-corrected chi connectivity index (χ3v) is 2.05. The molecule has 0 aromatic rings. The summed E-state index contributed by atoms with van der Waals surface area (Å²) in [6, 6.07) is 0. The van der Waals surface area contributed by atoms with Gasteiger partial charge < -0.3 is 0 Å². The Morgan fingerprint density at radius 2 is 2.31 bits per heavy atom. The minimum absolute atomic E-state index is 0.0263. The molecule has 13 heavy (non-hydrogen) atoms. The summed E-state index contributed by atoms with van der Waals surface area (Å²) in [5.41, 5.74) is 0. The summed E-state index contributed by atoms with van der Waals surface area (Å²) in [6.07, 6.45) is 4.27. The molecule has 0 radical (unpaired) electrons. The molecule has 1 unspecified atom stereocenters. The highest BCUT2D eigenvalue weighted by Crippen LogP contribution is 2.11. The first-order valence-electron chi connectivity index (χ1n) is 4.53. The summed E-state index contributed by atoms with van der Waals surface area (Å²) in [4.78, 5) is 16.0. The van der Waals surface area contributed by atoms with Crippen molar-refractivity contribution >= 4 is 5.91 Å². The monoisotopic (exact) mass is 185 g/mol. The van der Waals surface area contributed by atoms with E-state index in [1.807, 2.05) is 6.08 Å². The number of amides is 1. The maximum Gasteiger partial charge on any atom is 0.245 e. The summed E-state index contributed by atoms with van der Waals surface area (Å²) in [6.45, 7) is 5.77. The van der Waals surface area contributed by atoms with Crippen LogP contribution in [0.2, 0.25) is 0 Å². The number of hydrogen-bond acceptors (Lipinski definition) is 2. The molecule has 0 heterocycles. The molecule has 0 aromatic carbocycles. The number of hydrogen-bond donors (Lipinski definition) is 0. The van der Waals surface area contributed by atoms with E-state index in [1.165, 1.54) is 12.2 Å². The molecule has 0 fully saturated rings. The van der Waals surface area contributed by atoms with E-state index in [2.05, 4.69) is 13.5 Å². The zero-order chi connectivity index (χ0) is 10.3.